The van der Waals surface area contributed by atoms with Crippen LogP contribution in [0.15, 0.2) is 52.3 Å². The molecule has 2 aromatic heterocycles. The second kappa shape index (κ2) is 9.33. The summed E-state index contributed by atoms with van der Waals surface area (Å²) in [5.41, 5.74) is 1.05. The van der Waals surface area contributed by atoms with Crippen LogP contribution in [0.1, 0.15) is 43.7 Å². The zero-order chi connectivity index (χ0) is 20.1. The number of hydrogen-bond acceptors (Lipinski definition) is 5. The second-order valence-electron chi connectivity index (χ2n) is 7.44. The molecule has 29 heavy (non-hydrogen) atoms. The first-order valence-corrected chi connectivity index (χ1v) is 11.2. The van der Waals surface area contributed by atoms with Gasteiger partial charge in [-0.1, -0.05) is 43.3 Å². The topological polar surface area (TPSA) is 63.7 Å². The molecule has 3 heterocycles. The number of hydrogen-bond donors (Lipinski definition) is 1. The van der Waals surface area contributed by atoms with E-state index in [1.807, 2.05) is 40.6 Å². The summed E-state index contributed by atoms with van der Waals surface area (Å²) in [6.07, 6.45) is 3.15. The number of nitrogens with one attached hydrogen (secondary N) is 1. The van der Waals surface area contributed by atoms with Gasteiger partial charge in [0, 0.05) is 18.7 Å². The van der Waals surface area contributed by atoms with Gasteiger partial charge in [0.2, 0.25) is 0 Å². The van der Waals surface area contributed by atoms with Crippen LogP contribution in [0.5, 0.6) is 0 Å². The highest BCUT2D eigenvalue weighted by Gasteiger charge is 2.36. The van der Waals surface area contributed by atoms with Crippen molar-refractivity contribution in [3.05, 3.63) is 59.3 Å². The van der Waals surface area contributed by atoms with Gasteiger partial charge < -0.3 is 14.2 Å². The van der Waals surface area contributed by atoms with Gasteiger partial charge in [-0.25, -0.2) is 0 Å². The minimum Gasteiger partial charge on any atom is -0.414 e. The molecule has 152 valence electrons. The number of rotatable bonds is 8. The maximum Gasteiger partial charge on any atom is 0.285 e. The summed E-state index contributed by atoms with van der Waals surface area (Å²) in [5.74, 6) is 1.33. The summed E-state index contributed by atoms with van der Waals surface area (Å²) < 4.78 is 5.94. The summed E-state index contributed by atoms with van der Waals surface area (Å²) in [4.78, 5) is 17.6. The molecule has 0 saturated carbocycles. The van der Waals surface area contributed by atoms with E-state index in [0.717, 1.165) is 54.2 Å². The van der Waals surface area contributed by atoms with Crippen LogP contribution in [0.25, 0.3) is 10.8 Å². The quantitative estimate of drug-likeness (QED) is 0.619. The average Bonchev–Trinajstić information content (AvgIpc) is 3.50. The van der Waals surface area contributed by atoms with E-state index in [1.54, 1.807) is 11.3 Å². The summed E-state index contributed by atoms with van der Waals surface area (Å²) in [6, 6.07) is 13.8. The fraction of sp³-hybridized carbons (Fsp3) is 0.409. The minimum absolute atomic E-state index is 0.204. The second-order valence-corrected chi connectivity index (χ2v) is 8.39. The van der Waals surface area contributed by atoms with Crippen molar-refractivity contribution >= 4 is 17.2 Å². The van der Waals surface area contributed by atoms with Crippen LogP contribution < -0.4 is 4.90 Å². The van der Waals surface area contributed by atoms with Crippen molar-refractivity contribution in [1.29, 1.82) is 0 Å². The molecular formula is C22H27N4O2S+. The number of carbonyl (C=O) groups is 1. The molecule has 7 heteroatoms. The molecular weight excluding hydrogens is 384 g/mol. The molecule has 0 radical (unpaired) electrons. The van der Waals surface area contributed by atoms with Crippen LogP contribution in [-0.2, 0) is 11.3 Å². The van der Waals surface area contributed by atoms with Gasteiger partial charge in [-0.2, -0.15) is 0 Å². The third-order valence-electron chi connectivity index (χ3n) is 5.35. The number of aromatic nitrogens is 2. The Kier molecular flexibility index (Phi) is 6.36. The molecule has 0 bridgehead atoms. The zero-order valence-corrected chi connectivity index (χ0v) is 17.5. The van der Waals surface area contributed by atoms with E-state index in [1.165, 1.54) is 0 Å². The average molecular weight is 412 g/mol. The van der Waals surface area contributed by atoms with Crippen LogP contribution in [0, 0.1) is 0 Å². The Morgan fingerprint density at radius 1 is 1.17 bits per heavy atom. The molecule has 1 fully saturated rings. The normalized spacial score (nSPS) is 16.1. The van der Waals surface area contributed by atoms with Crippen molar-refractivity contribution in [2.75, 3.05) is 19.6 Å². The molecule has 1 N–H and O–H groups in total. The van der Waals surface area contributed by atoms with Gasteiger partial charge in [0.25, 0.3) is 17.7 Å². The first kappa shape index (κ1) is 19.8. The Morgan fingerprint density at radius 3 is 2.66 bits per heavy atom. The van der Waals surface area contributed by atoms with Gasteiger partial charge in [-0.05, 0) is 30.7 Å². The van der Waals surface area contributed by atoms with Crippen molar-refractivity contribution in [3.63, 3.8) is 0 Å². The summed E-state index contributed by atoms with van der Waals surface area (Å²) in [6.45, 7) is 5.24. The molecule has 4 rings (SSSR count). The summed E-state index contributed by atoms with van der Waals surface area (Å²) >= 11 is 1.58. The van der Waals surface area contributed by atoms with Crippen molar-refractivity contribution in [1.82, 2.24) is 15.1 Å². The number of benzene rings is 1. The molecule has 3 aromatic rings. The molecule has 6 nitrogen and oxygen atoms in total. The minimum atomic E-state index is -0.258. The highest BCUT2D eigenvalue weighted by molar-refractivity contribution is 7.13. The van der Waals surface area contributed by atoms with Crippen molar-refractivity contribution < 1.29 is 14.1 Å². The molecule has 0 aliphatic carbocycles. The number of quaternary nitrogens is 1. The van der Waals surface area contributed by atoms with E-state index in [9.17, 15) is 4.79 Å². The number of thiophene rings is 1. The Morgan fingerprint density at radius 2 is 1.97 bits per heavy atom. The van der Waals surface area contributed by atoms with Gasteiger partial charge in [0.05, 0.1) is 11.4 Å². The van der Waals surface area contributed by atoms with E-state index in [4.69, 9.17) is 4.42 Å². The first-order valence-electron chi connectivity index (χ1n) is 10.3. The lowest BCUT2D eigenvalue weighted by molar-refractivity contribution is -0.937. The maximum atomic E-state index is 13.5. The van der Waals surface area contributed by atoms with Crippen LogP contribution >= 0.6 is 11.3 Å². The fourth-order valence-electron chi connectivity index (χ4n) is 3.99. The molecule has 1 aromatic carbocycles. The highest BCUT2D eigenvalue weighted by atomic mass is 32.1. The Balaban J connectivity index is 1.61. The SMILES string of the molecule is CCC[NH+](Cc1nnc(-c2cccs2)o1)[C@@H](C(=O)N1CCCC1)c1ccccc1. The van der Waals surface area contributed by atoms with Crippen LogP contribution in [-0.4, -0.2) is 40.6 Å². The monoisotopic (exact) mass is 411 g/mol. The van der Waals surface area contributed by atoms with E-state index in [-0.39, 0.29) is 11.9 Å². The Labute approximate surface area is 175 Å². The van der Waals surface area contributed by atoms with Crippen LogP contribution in [0.4, 0.5) is 0 Å². The Bertz CT molecular complexity index is 904. The number of amides is 1. The molecule has 1 amide bonds. The van der Waals surface area contributed by atoms with E-state index >= 15 is 0 Å². The van der Waals surface area contributed by atoms with Gasteiger partial charge in [0.15, 0.2) is 12.6 Å². The smallest absolute Gasteiger partial charge is 0.285 e. The van der Waals surface area contributed by atoms with Crippen molar-refractivity contribution in [2.45, 2.75) is 38.8 Å². The van der Waals surface area contributed by atoms with Gasteiger partial charge in [-0.15, -0.1) is 21.5 Å². The van der Waals surface area contributed by atoms with E-state index < -0.39 is 0 Å². The van der Waals surface area contributed by atoms with Crippen LogP contribution in [0.3, 0.4) is 0 Å². The third-order valence-corrected chi connectivity index (χ3v) is 6.21. The lowest BCUT2D eigenvalue weighted by Gasteiger charge is -2.30. The summed E-state index contributed by atoms with van der Waals surface area (Å²) in [5, 5.41) is 10.5. The predicted molar refractivity (Wildman–Crippen MR) is 112 cm³/mol. The maximum absolute atomic E-state index is 13.5. The third kappa shape index (κ3) is 4.57. The largest absolute Gasteiger partial charge is 0.414 e. The van der Waals surface area contributed by atoms with Crippen molar-refractivity contribution in [2.24, 2.45) is 0 Å². The molecule has 0 spiro atoms. The number of likely N-dealkylation sites (tertiary alicyclic amines) is 1. The van der Waals surface area contributed by atoms with Gasteiger partial charge in [0.1, 0.15) is 0 Å². The number of carbonyl (C=O) groups excluding carboxylic acids is 1. The molecule has 1 saturated heterocycles. The Hall–Kier alpha value is -2.51. The molecule has 1 aliphatic rings. The fourth-order valence-corrected chi connectivity index (χ4v) is 4.64. The zero-order valence-electron chi connectivity index (χ0n) is 16.7. The highest BCUT2D eigenvalue weighted by Crippen LogP contribution is 2.23. The first-order chi connectivity index (χ1) is 14.3. The molecule has 1 aliphatic heterocycles. The lowest BCUT2D eigenvalue weighted by Crippen LogP contribution is -3.12. The van der Waals surface area contributed by atoms with E-state index in [2.05, 4.69) is 29.3 Å². The van der Waals surface area contributed by atoms with Crippen LogP contribution in [0.2, 0.25) is 0 Å². The molecule has 1 unspecified atom stereocenters. The predicted octanol–water partition coefficient (Wildman–Crippen LogP) is 2.96. The standard InChI is InChI=1S/C22H26N4O2S/c1-2-12-26(16-19-23-24-21(28-19)18-11-8-15-29-18)20(17-9-4-3-5-10-17)22(27)25-13-6-7-14-25/h3-5,8-11,15,20H,2,6-7,12-14,16H2,1H3/p+1/t20-/m1/s1. The van der Waals surface area contributed by atoms with E-state index in [0.29, 0.717) is 18.3 Å². The van der Waals surface area contributed by atoms with Gasteiger partial charge in [-0.3, -0.25) is 4.79 Å². The number of nitrogens with zero attached hydrogens (tertiary/aromatic N) is 3. The molecule has 2 atom stereocenters. The summed E-state index contributed by atoms with van der Waals surface area (Å²) in [7, 11) is 0. The van der Waals surface area contributed by atoms with Gasteiger partial charge >= 0.3 is 0 Å². The van der Waals surface area contributed by atoms with Crippen molar-refractivity contribution in [3.8, 4) is 10.8 Å². The lowest BCUT2D eigenvalue weighted by atomic mass is 10.0.